The highest BCUT2D eigenvalue weighted by Crippen LogP contribution is 2.16. The maximum absolute atomic E-state index is 6.85. The molecule has 0 spiro atoms. The van der Waals surface area contributed by atoms with Gasteiger partial charge in [-0.05, 0) is 6.16 Å². The summed E-state index contributed by atoms with van der Waals surface area (Å²) in [5.74, 6) is 0. The zero-order valence-corrected chi connectivity index (χ0v) is 4.78. The Hall–Kier alpha value is 0.860. The van der Waals surface area contributed by atoms with Crippen LogP contribution in [-0.2, 0) is 0 Å². The molecule has 0 aromatic heterocycles. The average Bonchev–Trinajstić information content (AvgIpc) is 1.38. The second-order valence-corrected chi connectivity index (χ2v) is 2.59. The molecular weight excluding hydrogens is 86.0 g/mol. The molecule has 0 aliphatic carbocycles. The summed E-state index contributed by atoms with van der Waals surface area (Å²) < 4.78 is 6.85. The zero-order valence-electron chi connectivity index (χ0n) is 3.73. The molecule has 0 radical (unpaired) electrons. The molecule has 0 aromatic carbocycles. The Morgan fingerprint density at radius 2 is 2.75 bits per heavy atom. The SMILES string of the molecule is [3H]P(P)CC. The Labute approximate surface area is 32.5 Å². The van der Waals surface area contributed by atoms with Crippen molar-refractivity contribution < 1.29 is 0 Å². The predicted molar refractivity (Wildman–Crippen MR) is 28.6 cm³/mol. The standard InChI is InChI=1S/C2H8P2/c1-2-4-3/h4H,2-3H2,1H3/i4T. The van der Waals surface area contributed by atoms with Crippen LogP contribution in [0.25, 0.3) is 0 Å². The second-order valence-electron chi connectivity index (χ2n) is 0.499. The number of hydrogen-bond acceptors (Lipinski definition) is 0. The molecule has 2 atom stereocenters. The number of hydrogen-bond donors (Lipinski definition) is 0. The van der Waals surface area contributed by atoms with E-state index in [1.807, 2.05) is 6.92 Å². The van der Waals surface area contributed by atoms with E-state index < -0.39 is 8.21 Å². The molecule has 0 saturated heterocycles. The van der Waals surface area contributed by atoms with Crippen molar-refractivity contribution in [2.75, 3.05) is 6.16 Å². The molecule has 0 rings (SSSR count). The Bertz CT molecular complexity index is 21.6. The molecule has 0 aliphatic heterocycles. The molecule has 0 heterocycles. The highest BCUT2D eigenvalue weighted by Gasteiger charge is 1.55. The predicted octanol–water partition coefficient (Wildman–Crippen LogP) is 1.47. The number of rotatable bonds is 1. The maximum Gasteiger partial charge on any atom is 0.0623 e. The van der Waals surface area contributed by atoms with Crippen molar-refractivity contribution in [3.05, 3.63) is 0 Å². The molecule has 0 aromatic rings. The summed E-state index contributed by atoms with van der Waals surface area (Å²) in [6, 6.07) is 0. The van der Waals surface area contributed by atoms with Crippen LogP contribution in [0.4, 0.5) is 0 Å². The van der Waals surface area contributed by atoms with E-state index >= 15 is 0 Å². The lowest BCUT2D eigenvalue weighted by Crippen LogP contribution is -1.40. The molecule has 0 aliphatic rings. The molecular formula is C2H8P2. The van der Waals surface area contributed by atoms with Gasteiger partial charge in [0.05, 0.1) is 1.28 Å². The normalized spacial score (nSPS) is 19.0. The van der Waals surface area contributed by atoms with Crippen molar-refractivity contribution in [2.24, 2.45) is 0 Å². The summed E-state index contributed by atoms with van der Waals surface area (Å²) in [5.41, 5.74) is 0. The lowest BCUT2D eigenvalue weighted by molar-refractivity contribution is 1.53. The fourth-order valence-electron chi connectivity index (χ4n) is 0. The average molecular weight is 96.0 g/mol. The molecule has 4 heavy (non-hydrogen) atoms. The van der Waals surface area contributed by atoms with Crippen LogP contribution in [0, 0.1) is 0 Å². The van der Waals surface area contributed by atoms with Gasteiger partial charge < -0.3 is 0 Å². The third kappa shape index (κ3) is 2.86. The largest absolute Gasteiger partial charge is 0.115 e. The van der Waals surface area contributed by atoms with Crippen LogP contribution >= 0.6 is 17.1 Å². The molecule has 0 amide bonds. The van der Waals surface area contributed by atoms with Gasteiger partial charge in [0.25, 0.3) is 0 Å². The zero-order chi connectivity index (χ0) is 4.28. The van der Waals surface area contributed by atoms with E-state index in [2.05, 4.69) is 8.93 Å². The van der Waals surface area contributed by atoms with Gasteiger partial charge in [-0.3, -0.25) is 0 Å². The van der Waals surface area contributed by atoms with Crippen LogP contribution in [0.1, 0.15) is 6.92 Å². The van der Waals surface area contributed by atoms with Crippen molar-refractivity contribution in [1.82, 2.24) is 0 Å². The minimum atomic E-state index is -0.432. The van der Waals surface area contributed by atoms with Crippen LogP contribution < -0.4 is 0 Å². The summed E-state index contributed by atoms with van der Waals surface area (Å²) in [6.07, 6.45) is 1.00. The van der Waals surface area contributed by atoms with E-state index in [1.54, 1.807) is 0 Å². The third-order valence-electron chi connectivity index (χ3n) is 0.183. The summed E-state index contributed by atoms with van der Waals surface area (Å²) in [4.78, 5) is 0. The van der Waals surface area contributed by atoms with E-state index in [1.165, 1.54) is 0 Å². The van der Waals surface area contributed by atoms with Crippen LogP contribution in [0.3, 0.4) is 0 Å². The Morgan fingerprint density at radius 1 is 2.50 bits per heavy atom. The highest BCUT2D eigenvalue weighted by atomic mass is 32.0. The Balaban J connectivity index is 2.54. The monoisotopic (exact) mass is 96.0 g/mol. The molecule has 2 unspecified atom stereocenters. The minimum Gasteiger partial charge on any atom is -0.115 e. The van der Waals surface area contributed by atoms with Crippen molar-refractivity contribution in [3.8, 4) is 0 Å². The van der Waals surface area contributed by atoms with Gasteiger partial charge in [-0.2, -0.15) is 0 Å². The van der Waals surface area contributed by atoms with Crippen LogP contribution in [-0.4, -0.2) is 7.44 Å². The first-order valence-corrected chi connectivity index (χ1v) is 3.98. The van der Waals surface area contributed by atoms with Gasteiger partial charge >= 0.3 is 0 Å². The van der Waals surface area contributed by atoms with Crippen molar-refractivity contribution in [2.45, 2.75) is 6.92 Å². The van der Waals surface area contributed by atoms with E-state index in [9.17, 15) is 0 Å². The second kappa shape index (κ2) is 3.86. The van der Waals surface area contributed by atoms with E-state index in [0.29, 0.717) is 0 Å². The third-order valence-corrected chi connectivity index (χ3v) is 1.64. The van der Waals surface area contributed by atoms with Gasteiger partial charge in [-0.25, -0.2) is 0 Å². The van der Waals surface area contributed by atoms with Crippen LogP contribution in [0.2, 0.25) is 0 Å². The molecule has 2 heteroatoms. The lowest BCUT2D eigenvalue weighted by Gasteiger charge is -1.69. The summed E-state index contributed by atoms with van der Waals surface area (Å²) >= 11 is 0. The van der Waals surface area contributed by atoms with Crippen molar-refractivity contribution >= 4 is 17.1 Å². The van der Waals surface area contributed by atoms with Gasteiger partial charge in [0.1, 0.15) is 0 Å². The van der Waals surface area contributed by atoms with Crippen molar-refractivity contribution in [1.29, 1.82) is 1.28 Å². The minimum absolute atomic E-state index is 0.432. The molecule has 0 fully saturated rings. The van der Waals surface area contributed by atoms with Crippen LogP contribution in [0.5, 0.6) is 0 Å². The van der Waals surface area contributed by atoms with Gasteiger partial charge in [0.2, 0.25) is 0 Å². The fraction of sp³-hybridized carbons (Fsp3) is 1.00. The molecule has 0 nitrogen and oxygen atoms in total. The first-order chi connectivity index (χ1) is 2.27. The fourth-order valence-corrected chi connectivity index (χ4v) is 0. The van der Waals surface area contributed by atoms with E-state index in [0.717, 1.165) is 6.16 Å². The van der Waals surface area contributed by atoms with E-state index in [-0.39, 0.29) is 0 Å². The van der Waals surface area contributed by atoms with Gasteiger partial charge in [-0.15, -0.1) is 17.1 Å². The van der Waals surface area contributed by atoms with Gasteiger partial charge in [0, 0.05) is 0 Å². The van der Waals surface area contributed by atoms with E-state index in [4.69, 9.17) is 1.28 Å². The Morgan fingerprint density at radius 3 is 2.75 bits per heavy atom. The van der Waals surface area contributed by atoms with Gasteiger partial charge in [-0.1, -0.05) is 6.92 Å². The topological polar surface area (TPSA) is 0 Å². The summed E-state index contributed by atoms with van der Waals surface area (Å²) in [5, 5.41) is 0. The smallest absolute Gasteiger partial charge is 0.0623 e. The molecule has 0 N–H and O–H groups in total. The lowest BCUT2D eigenvalue weighted by atomic mass is 11.0. The first kappa shape index (κ1) is 3.07. The van der Waals surface area contributed by atoms with Gasteiger partial charge in [0.15, 0.2) is 0 Å². The molecule has 26 valence electrons. The van der Waals surface area contributed by atoms with Crippen molar-refractivity contribution in [3.63, 3.8) is 0 Å². The van der Waals surface area contributed by atoms with Crippen LogP contribution in [0.15, 0.2) is 0 Å². The maximum atomic E-state index is 6.85. The molecule has 0 saturated carbocycles. The summed E-state index contributed by atoms with van der Waals surface area (Å²) in [7, 11) is 2.03. The summed E-state index contributed by atoms with van der Waals surface area (Å²) in [6.45, 7) is 2.02. The quantitative estimate of drug-likeness (QED) is 0.433. The molecule has 0 bridgehead atoms. The first-order valence-electron chi connectivity index (χ1n) is 1.73. The highest BCUT2D eigenvalue weighted by molar-refractivity contribution is 8.02. The Kier molecular flexibility index (Phi) is 2.96.